The van der Waals surface area contributed by atoms with Crippen LogP contribution in [0.5, 0.6) is 0 Å². The van der Waals surface area contributed by atoms with Crippen LogP contribution in [0.4, 0.5) is 0 Å². The highest BCUT2D eigenvalue weighted by atomic mass is 32.2. The molecule has 7 rings (SSSR count). The first-order valence-electron chi connectivity index (χ1n) is 12.2. The molecule has 1 heterocycles. The molecule has 1 aromatic heterocycles. The Morgan fingerprint density at radius 1 is 1.00 bits per heavy atom. The number of Topliss-reactive ketones (excluding diaryl/α,β-unsaturated/α-hetero) is 1. The van der Waals surface area contributed by atoms with Crippen LogP contribution < -0.4 is 5.56 Å². The molecule has 4 fully saturated rings. The zero-order valence-corrected chi connectivity index (χ0v) is 19.9. The molecule has 170 valence electrons. The number of carbonyl (C=O) groups excluding carboxylic acids is 1. The number of carbonyl (C=O) groups is 1. The Kier molecular flexibility index (Phi) is 5.21. The van der Waals surface area contributed by atoms with E-state index in [4.69, 9.17) is 4.98 Å². The van der Waals surface area contributed by atoms with Crippen molar-refractivity contribution in [3.05, 3.63) is 70.0 Å². The van der Waals surface area contributed by atoms with E-state index in [1.54, 1.807) is 4.57 Å². The number of rotatable bonds is 6. The van der Waals surface area contributed by atoms with Crippen molar-refractivity contribution >= 4 is 28.4 Å². The third kappa shape index (κ3) is 3.84. The topological polar surface area (TPSA) is 52.0 Å². The summed E-state index contributed by atoms with van der Waals surface area (Å²) in [5, 5.41) is 1.28. The molecule has 4 saturated carbocycles. The monoisotopic (exact) mass is 458 g/mol. The van der Waals surface area contributed by atoms with Crippen LogP contribution in [0, 0.1) is 30.1 Å². The first-order chi connectivity index (χ1) is 16.0. The summed E-state index contributed by atoms with van der Waals surface area (Å²) < 4.78 is 1.75. The van der Waals surface area contributed by atoms with Gasteiger partial charge in [0.15, 0.2) is 5.16 Å². The van der Waals surface area contributed by atoms with Crippen molar-refractivity contribution in [3.63, 3.8) is 0 Å². The van der Waals surface area contributed by atoms with E-state index in [-0.39, 0.29) is 11.0 Å². The van der Waals surface area contributed by atoms with Crippen LogP contribution in [-0.4, -0.2) is 21.1 Å². The number of aromatic nitrogens is 2. The zero-order chi connectivity index (χ0) is 22.6. The van der Waals surface area contributed by atoms with Gasteiger partial charge in [-0.05, 0) is 80.9 Å². The molecule has 5 heteroatoms. The lowest BCUT2D eigenvalue weighted by molar-refractivity contribution is -0.141. The molecule has 4 aliphatic rings. The molecule has 0 atom stereocenters. The van der Waals surface area contributed by atoms with Crippen LogP contribution in [0.25, 0.3) is 10.9 Å². The molecule has 2 aromatic carbocycles. The number of benzene rings is 2. The Morgan fingerprint density at radius 2 is 1.64 bits per heavy atom. The van der Waals surface area contributed by atoms with Crippen LogP contribution in [0.15, 0.2) is 58.5 Å². The molecule has 0 saturated heterocycles. The molecule has 0 N–H and O–H groups in total. The largest absolute Gasteiger partial charge is 0.298 e. The van der Waals surface area contributed by atoms with Crippen LogP contribution in [0.1, 0.15) is 49.7 Å². The summed E-state index contributed by atoms with van der Waals surface area (Å²) in [5.74, 6) is 3.05. The fourth-order valence-corrected chi connectivity index (χ4v) is 8.04. The third-order valence-electron chi connectivity index (χ3n) is 8.25. The number of thioether (sulfide) groups is 1. The van der Waals surface area contributed by atoms with E-state index in [0.29, 0.717) is 34.1 Å². The summed E-state index contributed by atoms with van der Waals surface area (Å²) in [6.07, 6.45) is 7.26. The molecular weight excluding hydrogens is 428 g/mol. The molecule has 0 spiro atoms. The van der Waals surface area contributed by atoms with E-state index in [1.807, 2.05) is 24.3 Å². The van der Waals surface area contributed by atoms with Gasteiger partial charge in [-0.2, -0.15) is 0 Å². The van der Waals surface area contributed by atoms with Crippen molar-refractivity contribution in [2.45, 2.75) is 57.1 Å². The van der Waals surface area contributed by atoms with Gasteiger partial charge < -0.3 is 0 Å². The lowest BCUT2D eigenvalue weighted by atomic mass is 9.48. The smallest absolute Gasteiger partial charge is 0.262 e. The summed E-state index contributed by atoms with van der Waals surface area (Å²) in [5.41, 5.74) is 2.81. The van der Waals surface area contributed by atoms with E-state index >= 15 is 0 Å². The predicted octanol–water partition coefficient (Wildman–Crippen LogP) is 5.63. The zero-order valence-electron chi connectivity index (χ0n) is 19.1. The lowest BCUT2D eigenvalue weighted by Gasteiger charge is -2.56. The van der Waals surface area contributed by atoms with Gasteiger partial charge in [0.25, 0.3) is 5.56 Å². The third-order valence-corrected chi connectivity index (χ3v) is 9.23. The van der Waals surface area contributed by atoms with Crippen molar-refractivity contribution in [2.75, 3.05) is 5.75 Å². The number of nitrogens with zero attached hydrogens (tertiary/aromatic N) is 2. The second-order valence-corrected chi connectivity index (χ2v) is 11.6. The quantitative estimate of drug-likeness (QED) is 0.355. The minimum absolute atomic E-state index is 0.0362. The minimum Gasteiger partial charge on any atom is -0.298 e. The van der Waals surface area contributed by atoms with Crippen molar-refractivity contribution in [3.8, 4) is 0 Å². The molecule has 4 aliphatic carbocycles. The van der Waals surface area contributed by atoms with Crippen LogP contribution in [0.3, 0.4) is 0 Å². The van der Waals surface area contributed by atoms with Crippen LogP contribution in [-0.2, 0) is 11.3 Å². The molecular formula is C28H30N2O2S. The minimum atomic E-state index is -0.110. The molecule has 0 amide bonds. The second-order valence-electron chi connectivity index (χ2n) is 10.7. The first-order valence-corrected chi connectivity index (χ1v) is 13.2. The van der Waals surface area contributed by atoms with Gasteiger partial charge in [0, 0.05) is 5.41 Å². The highest BCUT2D eigenvalue weighted by molar-refractivity contribution is 7.99. The van der Waals surface area contributed by atoms with E-state index < -0.39 is 0 Å². The summed E-state index contributed by atoms with van der Waals surface area (Å²) in [6, 6.07) is 15.8. The maximum Gasteiger partial charge on any atom is 0.262 e. The van der Waals surface area contributed by atoms with Gasteiger partial charge >= 0.3 is 0 Å². The van der Waals surface area contributed by atoms with Gasteiger partial charge in [-0.15, -0.1) is 0 Å². The Balaban J connectivity index is 1.30. The number of aryl methyl sites for hydroxylation is 1. The van der Waals surface area contributed by atoms with E-state index in [2.05, 4.69) is 31.2 Å². The highest BCUT2D eigenvalue weighted by Gasteiger charge is 2.54. The van der Waals surface area contributed by atoms with Gasteiger partial charge in [0.2, 0.25) is 0 Å². The highest BCUT2D eigenvalue weighted by Crippen LogP contribution is 2.60. The van der Waals surface area contributed by atoms with Gasteiger partial charge in [0.05, 0.1) is 23.2 Å². The Labute approximate surface area is 198 Å². The number of hydrogen-bond donors (Lipinski definition) is 0. The second kappa shape index (κ2) is 8.12. The molecule has 33 heavy (non-hydrogen) atoms. The number of para-hydroxylation sites is 1. The normalized spacial score (nSPS) is 27.8. The maximum absolute atomic E-state index is 13.6. The van der Waals surface area contributed by atoms with Crippen LogP contribution in [0.2, 0.25) is 0 Å². The fourth-order valence-electron chi connectivity index (χ4n) is 7.01. The fraction of sp³-hybridized carbons (Fsp3) is 0.464. The molecule has 0 aliphatic heterocycles. The van der Waals surface area contributed by atoms with E-state index in [9.17, 15) is 9.59 Å². The summed E-state index contributed by atoms with van der Waals surface area (Å²) in [7, 11) is 0. The van der Waals surface area contributed by atoms with Gasteiger partial charge in [0.1, 0.15) is 5.78 Å². The molecule has 3 aromatic rings. The Hall–Kier alpha value is -2.40. The SMILES string of the molecule is Cc1ccc(Cn2c(SCC(=O)C34CC5CC(CC(C5)C3)C4)nc3ccccc3c2=O)cc1. The van der Waals surface area contributed by atoms with Crippen molar-refractivity contribution in [1.29, 1.82) is 0 Å². The van der Waals surface area contributed by atoms with Crippen molar-refractivity contribution in [1.82, 2.24) is 9.55 Å². The first kappa shape index (κ1) is 21.2. The van der Waals surface area contributed by atoms with E-state index in [0.717, 1.165) is 42.6 Å². The number of fused-ring (bicyclic) bond motifs is 1. The van der Waals surface area contributed by atoms with Crippen LogP contribution >= 0.6 is 11.8 Å². The number of ketones is 1. The average Bonchev–Trinajstić information content (AvgIpc) is 2.80. The molecule has 4 nitrogen and oxygen atoms in total. The van der Waals surface area contributed by atoms with Gasteiger partial charge in [-0.1, -0.05) is 53.7 Å². The Morgan fingerprint density at radius 3 is 2.30 bits per heavy atom. The number of hydrogen-bond acceptors (Lipinski definition) is 4. The van der Waals surface area contributed by atoms with Crippen molar-refractivity contribution in [2.24, 2.45) is 23.2 Å². The van der Waals surface area contributed by atoms with Gasteiger partial charge in [-0.25, -0.2) is 4.98 Å². The average molecular weight is 459 g/mol. The van der Waals surface area contributed by atoms with Gasteiger partial charge in [-0.3, -0.25) is 14.2 Å². The lowest BCUT2D eigenvalue weighted by Crippen LogP contribution is -2.50. The summed E-state index contributed by atoms with van der Waals surface area (Å²) in [4.78, 5) is 31.8. The predicted molar refractivity (Wildman–Crippen MR) is 133 cm³/mol. The Bertz CT molecular complexity index is 1240. The molecule has 0 unspecified atom stereocenters. The molecule has 4 bridgehead atoms. The molecule has 0 radical (unpaired) electrons. The van der Waals surface area contributed by atoms with E-state index in [1.165, 1.54) is 36.6 Å². The summed E-state index contributed by atoms with van der Waals surface area (Å²) >= 11 is 1.46. The maximum atomic E-state index is 13.6. The standard InChI is InChI=1S/C28H30N2O2S/c1-18-6-8-19(9-7-18)16-30-26(32)23-4-2-3-5-24(23)29-27(30)33-17-25(31)28-13-20-10-21(14-28)12-22(11-20)15-28/h2-9,20-22H,10-17H2,1H3. The van der Waals surface area contributed by atoms with Crippen molar-refractivity contribution < 1.29 is 4.79 Å². The summed E-state index contributed by atoms with van der Waals surface area (Å²) in [6.45, 7) is 2.52.